The first-order valence-corrected chi connectivity index (χ1v) is 9.23. The van der Waals surface area contributed by atoms with Crippen LogP contribution in [0.25, 0.3) is 22.8 Å². The van der Waals surface area contributed by atoms with Gasteiger partial charge in [0.25, 0.3) is 0 Å². The fourth-order valence-electron chi connectivity index (χ4n) is 3.34. The minimum atomic E-state index is -0.801. The molecule has 156 valence electrons. The van der Waals surface area contributed by atoms with Gasteiger partial charge in [-0.05, 0) is 22.1 Å². The molecule has 0 spiro atoms. The van der Waals surface area contributed by atoms with E-state index in [0.29, 0.717) is 11.4 Å². The van der Waals surface area contributed by atoms with Gasteiger partial charge in [0.15, 0.2) is 0 Å². The first-order chi connectivity index (χ1) is 15.1. The Bertz CT molecular complexity index is 1300. The molecular weight excluding hydrogens is 402 g/mol. The zero-order valence-corrected chi connectivity index (χ0v) is 16.7. The molecule has 0 saturated carbocycles. The number of methoxy groups -OCH3 is 2. The molecule has 4 aromatic rings. The van der Waals surface area contributed by atoms with Crippen molar-refractivity contribution in [2.75, 3.05) is 14.2 Å². The van der Waals surface area contributed by atoms with E-state index in [-0.39, 0.29) is 22.5 Å². The maximum atomic E-state index is 12.8. The quantitative estimate of drug-likeness (QED) is 0.392. The van der Waals surface area contributed by atoms with Crippen molar-refractivity contribution in [2.24, 2.45) is 0 Å². The second kappa shape index (κ2) is 8.15. The topological polar surface area (TPSA) is 107 Å². The van der Waals surface area contributed by atoms with Crippen molar-refractivity contribution in [2.45, 2.75) is 0 Å². The van der Waals surface area contributed by atoms with Crippen molar-refractivity contribution >= 4 is 11.9 Å². The average molecular weight is 420 g/mol. The van der Waals surface area contributed by atoms with Gasteiger partial charge < -0.3 is 14.0 Å². The van der Waals surface area contributed by atoms with E-state index in [9.17, 15) is 14.4 Å². The number of carbonyl (C=O) groups is 2. The predicted molar refractivity (Wildman–Crippen MR) is 108 cm³/mol. The van der Waals surface area contributed by atoms with E-state index in [1.807, 2.05) is 12.1 Å². The highest BCUT2D eigenvalue weighted by atomic mass is 16.5. The summed E-state index contributed by atoms with van der Waals surface area (Å²) in [6.45, 7) is 0. The lowest BCUT2D eigenvalue weighted by molar-refractivity contribution is -0.660. The van der Waals surface area contributed by atoms with Crippen LogP contribution in [0.1, 0.15) is 20.7 Å². The van der Waals surface area contributed by atoms with Crippen molar-refractivity contribution in [1.82, 2.24) is 9.84 Å². The largest absolute Gasteiger partial charge is 0.465 e. The fourth-order valence-corrected chi connectivity index (χ4v) is 3.34. The van der Waals surface area contributed by atoms with E-state index in [0.717, 1.165) is 0 Å². The Labute approximate surface area is 176 Å². The number of nitrogens with one attached hydrogen (secondary N) is 1. The van der Waals surface area contributed by atoms with Crippen LogP contribution < -0.4 is 10.3 Å². The lowest BCUT2D eigenvalue weighted by atomic mass is 10.1. The Kier molecular flexibility index (Phi) is 5.23. The number of aromatic nitrogens is 3. The van der Waals surface area contributed by atoms with Crippen LogP contribution in [0.2, 0.25) is 0 Å². The molecule has 0 saturated heterocycles. The molecule has 1 N–H and O–H groups in total. The smallest absolute Gasteiger partial charge is 0.437 e. The fraction of sp³-hybridized carbons (Fsp3) is 0.0909. The summed E-state index contributed by atoms with van der Waals surface area (Å²) >= 11 is 0. The summed E-state index contributed by atoms with van der Waals surface area (Å²) < 4.78 is 17.8. The third-order valence-corrected chi connectivity index (χ3v) is 4.72. The van der Waals surface area contributed by atoms with Crippen LogP contribution in [-0.2, 0) is 9.47 Å². The summed E-state index contributed by atoms with van der Waals surface area (Å²) in [6, 6.07) is 17.9. The van der Waals surface area contributed by atoms with Crippen LogP contribution in [-0.4, -0.2) is 36.0 Å². The minimum absolute atomic E-state index is 0.00519. The number of hydrogen-bond acceptors (Lipinski definition) is 6. The molecular formula is C22H18N3O6+. The number of benzene rings is 2. The molecule has 0 aliphatic heterocycles. The standard InChI is InChI=1S/C22H17N3O6/c1-29-20(26)16-13-24(14-9-5-3-6-10-14)18(17(16)21(27)30-2)19-22(28)31-23-25(19)15-11-7-4-8-12-15/h3-13H,1-2H3/p+1. The normalized spacial score (nSPS) is 10.6. The van der Waals surface area contributed by atoms with Gasteiger partial charge in [-0.3, -0.25) is 4.52 Å². The molecule has 0 amide bonds. The Morgan fingerprint density at radius 3 is 2.16 bits per heavy atom. The lowest BCUT2D eigenvalue weighted by Gasteiger charge is -2.07. The first kappa shape index (κ1) is 19.9. The van der Waals surface area contributed by atoms with Gasteiger partial charge in [0.1, 0.15) is 11.3 Å². The van der Waals surface area contributed by atoms with Gasteiger partial charge in [-0.25, -0.2) is 14.4 Å². The van der Waals surface area contributed by atoms with Crippen molar-refractivity contribution < 1.29 is 28.3 Å². The molecule has 0 aliphatic carbocycles. The highest BCUT2D eigenvalue weighted by Crippen LogP contribution is 2.30. The molecule has 0 aliphatic rings. The summed E-state index contributed by atoms with van der Waals surface area (Å²) in [5.41, 5.74) is 0.421. The van der Waals surface area contributed by atoms with Gasteiger partial charge in [-0.2, -0.15) is 0 Å². The number of rotatable bonds is 5. The molecule has 0 bridgehead atoms. The van der Waals surface area contributed by atoms with Gasteiger partial charge in [-0.15, -0.1) is 0 Å². The summed E-state index contributed by atoms with van der Waals surface area (Å²) in [5, 5.41) is 2.55. The maximum absolute atomic E-state index is 12.8. The third-order valence-electron chi connectivity index (χ3n) is 4.72. The van der Waals surface area contributed by atoms with Crippen molar-refractivity contribution in [3.63, 3.8) is 0 Å². The average Bonchev–Trinajstić information content (AvgIpc) is 3.39. The van der Waals surface area contributed by atoms with Crippen LogP contribution in [0.3, 0.4) is 0 Å². The predicted octanol–water partition coefficient (Wildman–Crippen LogP) is 2.28. The molecule has 2 aromatic heterocycles. The number of esters is 2. The van der Waals surface area contributed by atoms with Crippen LogP contribution in [0.4, 0.5) is 0 Å². The van der Waals surface area contributed by atoms with Crippen LogP contribution >= 0.6 is 0 Å². The SMILES string of the molecule is COC(=O)c1cn(-c2ccccc2)c(-c2c(=O)o[nH][n+]2-c2ccccc2)c1C(=O)OC. The number of aromatic amines is 1. The maximum Gasteiger partial charge on any atom is 0.437 e. The monoisotopic (exact) mass is 420 g/mol. The molecule has 0 unspecified atom stereocenters. The van der Waals surface area contributed by atoms with Gasteiger partial charge in [0.2, 0.25) is 5.69 Å². The highest BCUT2D eigenvalue weighted by molar-refractivity contribution is 6.07. The third kappa shape index (κ3) is 3.42. The van der Waals surface area contributed by atoms with Crippen LogP contribution in [0.5, 0.6) is 0 Å². The van der Waals surface area contributed by atoms with Crippen LogP contribution in [0, 0.1) is 0 Å². The molecule has 0 fully saturated rings. The summed E-state index contributed by atoms with van der Waals surface area (Å²) in [6.07, 6.45) is 1.44. The Morgan fingerprint density at radius 2 is 1.55 bits per heavy atom. The van der Waals surface area contributed by atoms with E-state index >= 15 is 0 Å². The molecule has 4 rings (SSSR count). The second-order valence-electron chi connectivity index (χ2n) is 6.46. The zero-order chi connectivity index (χ0) is 22.0. The first-order valence-electron chi connectivity index (χ1n) is 9.23. The molecule has 0 radical (unpaired) electrons. The number of para-hydroxylation sites is 2. The van der Waals surface area contributed by atoms with Crippen molar-refractivity contribution in [3.05, 3.63) is 88.4 Å². The summed E-state index contributed by atoms with van der Waals surface area (Å²) in [5.74, 6) is -1.55. The van der Waals surface area contributed by atoms with Crippen molar-refractivity contribution in [3.8, 4) is 22.8 Å². The van der Waals surface area contributed by atoms with Crippen molar-refractivity contribution in [1.29, 1.82) is 0 Å². The van der Waals surface area contributed by atoms with Gasteiger partial charge in [0, 0.05) is 24.0 Å². The number of H-pyrrole nitrogens is 1. The second-order valence-corrected chi connectivity index (χ2v) is 6.46. The van der Waals surface area contributed by atoms with E-state index < -0.39 is 17.6 Å². The van der Waals surface area contributed by atoms with Crippen LogP contribution in [0.15, 0.2) is 76.2 Å². The van der Waals surface area contributed by atoms with E-state index in [4.69, 9.17) is 14.0 Å². The van der Waals surface area contributed by atoms with E-state index in [1.165, 1.54) is 25.1 Å². The summed E-state index contributed by atoms with van der Waals surface area (Å²) in [4.78, 5) is 38.1. The van der Waals surface area contributed by atoms with E-state index in [2.05, 4.69) is 5.27 Å². The zero-order valence-electron chi connectivity index (χ0n) is 16.7. The van der Waals surface area contributed by atoms with E-state index in [1.54, 1.807) is 53.1 Å². The molecule has 9 nitrogen and oxygen atoms in total. The Morgan fingerprint density at radius 1 is 0.935 bits per heavy atom. The number of carbonyl (C=O) groups excluding carboxylic acids is 2. The minimum Gasteiger partial charge on any atom is -0.465 e. The molecule has 0 atom stereocenters. The van der Waals surface area contributed by atoms with Gasteiger partial charge >= 0.3 is 23.3 Å². The molecule has 31 heavy (non-hydrogen) atoms. The Hall–Kier alpha value is -4.40. The molecule has 9 heteroatoms. The lowest BCUT2D eigenvalue weighted by Crippen LogP contribution is -2.37. The van der Waals surface area contributed by atoms with Gasteiger partial charge in [0.05, 0.1) is 19.8 Å². The molecule has 2 aromatic carbocycles. The number of hydrogen-bond donors (Lipinski definition) is 1. The Balaban J connectivity index is 2.12. The number of nitrogens with zero attached hydrogens (tertiary/aromatic N) is 2. The number of ether oxygens (including phenoxy) is 2. The van der Waals surface area contributed by atoms with Gasteiger partial charge in [-0.1, -0.05) is 36.4 Å². The summed E-state index contributed by atoms with van der Waals surface area (Å²) in [7, 11) is 2.40. The highest BCUT2D eigenvalue weighted by Gasteiger charge is 2.37. The molecule has 2 heterocycles.